The number of carbonyl (C=O) groups is 1. The highest BCUT2D eigenvalue weighted by atomic mass is 16.5. The second kappa shape index (κ2) is 6.68. The Balaban J connectivity index is 1.55. The quantitative estimate of drug-likeness (QED) is 0.848. The first-order valence-corrected chi connectivity index (χ1v) is 7.73. The zero-order valence-electron chi connectivity index (χ0n) is 12.7. The topological polar surface area (TPSA) is 72.1 Å². The van der Waals surface area contributed by atoms with Crippen molar-refractivity contribution in [2.24, 2.45) is 0 Å². The third kappa shape index (κ3) is 3.32. The Morgan fingerprint density at radius 2 is 2.36 bits per heavy atom. The summed E-state index contributed by atoms with van der Waals surface area (Å²) in [5.74, 6) is 1.35. The standard InChI is InChI=1S/C16H20N4O2/c1-12-18-16(19-22-12)14-8-5-11-20(14)15(21)9-4-7-13-6-2-3-10-17-13/h2-3,6,10,14H,4-5,7-9,11H2,1H3/t14-/m1/s1. The molecule has 22 heavy (non-hydrogen) atoms. The van der Waals surface area contributed by atoms with E-state index in [4.69, 9.17) is 4.52 Å². The third-order valence-corrected chi connectivity index (χ3v) is 3.96. The van der Waals surface area contributed by atoms with Crippen molar-refractivity contribution in [2.75, 3.05) is 6.54 Å². The molecule has 1 aliphatic rings. The number of rotatable bonds is 5. The lowest BCUT2D eigenvalue weighted by Gasteiger charge is -2.22. The molecule has 0 aromatic carbocycles. The molecular formula is C16H20N4O2. The van der Waals surface area contributed by atoms with E-state index in [9.17, 15) is 4.79 Å². The summed E-state index contributed by atoms with van der Waals surface area (Å²) < 4.78 is 5.04. The number of hydrogen-bond donors (Lipinski definition) is 0. The van der Waals surface area contributed by atoms with Gasteiger partial charge in [-0.2, -0.15) is 4.98 Å². The van der Waals surface area contributed by atoms with Crippen LogP contribution in [0, 0.1) is 6.92 Å². The van der Waals surface area contributed by atoms with E-state index < -0.39 is 0 Å². The highest BCUT2D eigenvalue weighted by Crippen LogP contribution is 2.30. The van der Waals surface area contributed by atoms with E-state index in [0.717, 1.165) is 37.9 Å². The Morgan fingerprint density at radius 3 is 3.09 bits per heavy atom. The van der Waals surface area contributed by atoms with Crippen molar-refractivity contribution in [3.63, 3.8) is 0 Å². The first-order valence-electron chi connectivity index (χ1n) is 7.73. The average molecular weight is 300 g/mol. The van der Waals surface area contributed by atoms with Crippen LogP contribution in [-0.2, 0) is 11.2 Å². The minimum absolute atomic E-state index is 0.0280. The number of hydrogen-bond acceptors (Lipinski definition) is 5. The summed E-state index contributed by atoms with van der Waals surface area (Å²) in [4.78, 5) is 22.9. The molecular weight excluding hydrogens is 280 g/mol. The Labute approximate surface area is 129 Å². The van der Waals surface area contributed by atoms with Crippen molar-refractivity contribution in [1.82, 2.24) is 20.0 Å². The van der Waals surface area contributed by atoms with Crippen LogP contribution >= 0.6 is 0 Å². The molecule has 2 aromatic rings. The number of aryl methyl sites for hydroxylation is 2. The highest BCUT2D eigenvalue weighted by Gasteiger charge is 2.32. The van der Waals surface area contributed by atoms with Crippen molar-refractivity contribution in [1.29, 1.82) is 0 Å². The summed E-state index contributed by atoms with van der Waals surface area (Å²) in [6.07, 6.45) is 5.85. The molecule has 116 valence electrons. The fraction of sp³-hybridized carbons (Fsp3) is 0.500. The second-order valence-corrected chi connectivity index (χ2v) is 5.59. The molecule has 0 N–H and O–H groups in total. The summed E-state index contributed by atoms with van der Waals surface area (Å²) in [6.45, 7) is 2.55. The van der Waals surface area contributed by atoms with Crippen LogP contribution in [0.25, 0.3) is 0 Å². The number of nitrogens with zero attached hydrogens (tertiary/aromatic N) is 4. The van der Waals surface area contributed by atoms with E-state index in [1.807, 2.05) is 23.1 Å². The van der Waals surface area contributed by atoms with E-state index in [2.05, 4.69) is 15.1 Å². The van der Waals surface area contributed by atoms with Gasteiger partial charge in [0.05, 0.1) is 6.04 Å². The van der Waals surface area contributed by atoms with Crippen molar-refractivity contribution >= 4 is 5.91 Å². The first kappa shape index (κ1) is 14.7. The lowest BCUT2D eigenvalue weighted by Crippen LogP contribution is -2.31. The lowest BCUT2D eigenvalue weighted by atomic mass is 10.1. The molecule has 1 atom stereocenters. The minimum atomic E-state index is -0.0280. The summed E-state index contributed by atoms with van der Waals surface area (Å²) in [5, 5.41) is 3.97. The zero-order chi connectivity index (χ0) is 15.4. The average Bonchev–Trinajstić information content (AvgIpc) is 3.16. The van der Waals surface area contributed by atoms with Gasteiger partial charge in [0.25, 0.3) is 0 Å². The van der Waals surface area contributed by atoms with E-state index in [1.54, 1.807) is 13.1 Å². The molecule has 0 aliphatic carbocycles. The fourth-order valence-electron chi connectivity index (χ4n) is 2.89. The maximum Gasteiger partial charge on any atom is 0.223 e. The van der Waals surface area contributed by atoms with E-state index in [0.29, 0.717) is 18.1 Å². The van der Waals surface area contributed by atoms with Gasteiger partial charge < -0.3 is 9.42 Å². The zero-order valence-corrected chi connectivity index (χ0v) is 12.7. The van der Waals surface area contributed by atoms with Crippen LogP contribution in [0.3, 0.4) is 0 Å². The fourth-order valence-corrected chi connectivity index (χ4v) is 2.89. The summed E-state index contributed by atoms with van der Waals surface area (Å²) in [6, 6.07) is 5.83. The molecule has 3 rings (SSSR count). The highest BCUT2D eigenvalue weighted by molar-refractivity contribution is 5.76. The van der Waals surface area contributed by atoms with Crippen LogP contribution in [0.1, 0.15) is 49.1 Å². The molecule has 0 unspecified atom stereocenters. The number of likely N-dealkylation sites (tertiary alicyclic amines) is 1. The first-order chi connectivity index (χ1) is 10.7. The van der Waals surface area contributed by atoms with Crippen LogP contribution < -0.4 is 0 Å². The molecule has 1 amide bonds. The minimum Gasteiger partial charge on any atom is -0.340 e. The molecule has 3 heterocycles. The van der Waals surface area contributed by atoms with E-state index in [1.165, 1.54) is 0 Å². The van der Waals surface area contributed by atoms with Gasteiger partial charge >= 0.3 is 0 Å². The van der Waals surface area contributed by atoms with Gasteiger partial charge in [0.2, 0.25) is 11.8 Å². The van der Waals surface area contributed by atoms with Gasteiger partial charge in [0, 0.05) is 31.8 Å². The molecule has 0 bridgehead atoms. The van der Waals surface area contributed by atoms with E-state index in [-0.39, 0.29) is 11.9 Å². The second-order valence-electron chi connectivity index (χ2n) is 5.59. The van der Waals surface area contributed by atoms with Gasteiger partial charge in [-0.05, 0) is 37.8 Å². The summed E-state index contributed by atoms with van der Waals surface area (Å²) >= 11 is 0. The number of pyridine rings is 1. The lowest BCUT2D eigenvalue weighted by molar-refractivity contribution is -0.132. The molecule has 0 radical (unpaired) electrons. The molecule has 0 spiro atoms. The predicted octanol–water partition coefficient (Wildman–Crippen LogP) is 2.46. The monoisotopic (exact) mass is 300 g/mol. The van der Waals surface area contributed by atoms with Crippen molar-refractivity contribution in [3.05, 3.63) is 41.8 Å². The van der Waals surface area contributed by atoms with Gasteiger partial charge in [0.15, 0.2) is 5.82 Å². The van der Waals surface area contributed by atoms with Crippen molar-refractivity contribution in [2.45, 2.75) is 45.1 Å². The van der Waals surface area contributed by atoms with Gasteiger partial charge in [-0.1, -0.05) is 11.2 Å². The number of aromatic nitrogens is 3. The Bertz CT molecular complexity index is 626. The molecule has 1 aliphatic heterocycles. The number of carbonyl (C=O) groups excluding carboxylic acids is 1. The Morgan fingerprint density at radius 1 is 1.45 bits per heavy atom. The third-order valence-electron chi connectivity index (χ3n) is 3.96. The van der Waals surface area contributed by atoms with Crippen molar-refractivity contribution in [3.8, 4) is 0 Å². The maximum atomic E-state index is 12.4. The molecule has 6 heteroatoms. The predicted molar refractivity (Wildman–Crippen MR) is 79.9 cm³/mol. The SMILES string of the molecule is Cc1nc([C@H]2CCCN2C(=O)CCCc2ccccn2)no1. The summed E-state index contributed by atoms with van der Waals surface area (Å²) in [5.41, 5.74) is 1.03. The van der Waals surface area contributed by atoms with Crippen LogP contribution in [0.4, 0.5) is 0 Å². The Hall–Kier alpha value is -2.24. The summed E-state index contributed by atoms with van der Waals surface area (Å²) in [7, 11) is 0. The molecule has 2 aromatic heterocycles. The Kier molecular flexibility index (Phi) is 4.46. The molecule has 1 fully saturated rings. The van der Waals surface area contributed by atoms with Gasteiger partial charge in [-0.15, -0.1) is 0 Å². The normalized spacial score (nSPS) is 17.9. The van der Waals surface area contributed by atoms with Gasteiger partial charge in [0.1, 0.15) is 0 Å². The van der Waals surface area contributed by atoms with Crippen LogP contribution in [-0.4, -0.2) is 32.5 Å². The van der Waals surface area contributed by atoms with Gasteiger partial charge in [-0.3, -0.25) is 9.78 Å². The molecule has 1 saturated heterocycles. The molecule has 6 nitrogen and oxygen atoms in total. The molecule has 0 saturated carbocycles. The number of amides is 1. The van der Waals surface area contributed by atoms with Crippen LogP contribution in [0.2, 0.25) is 0 Å². The smallest absolute Gasteiger partial charge is 0.223 e. The van der Waals surface area contributed by atoms with Crippen molar-refractivity contribution < 1.29 is 9.32 Å². The largest absolute Gasteiger partial charge is 0.340 e. The maximum absolute atomic E-state index is 12.4. The van der Waals surface area contributed by atoms with E-state index >= 15 is 0 Å². The van der Waals surface area contributed by atoms with Crippen LogP contribution in [0.5, 0.6) is 0 Å². The van der Waals surface area contributed by atoms with Gasteiger partial charge in [-0.25, -0.2) is 0 Å². The van der Waals surface area contributed by atoms with Crippen LogP contribution in [0.15, 0.2) is 28.9 Å².